The summed E-state index contributed by atoms with van der Waals surface area (Å²) in [6.45, 7) is 1.34. The van der Waals surface area contributed by atoms with Crippen molar-refractivity contribution in [3.8, 4) is 5.75 Å². The summed E-state index contributed by atoms with van der Waals surface area (Å²) in [7, 11) is 0. The number of ether oxygens (including phenoxy) is 1. The molecule has 1 aromatic carbocycles. The maximum Gasteiger partial charge on any atom is 0.136 e. The highest BCUT2D eigenvalue weighted by atomic mass is 79.9. The van der Waals surface area contributed by atoms with Gasteiger partial charge in [0.1, 0.15) is 16.6 Å². The molecule has 0 saturated carbocycles. The van der Waals surface area contributed by atoms with Gasteiger partial charge in [0, 0.05) is 29.2 Å². The minimum absolute atomic E-state index is 0.335. The summed E-state index contributed by atoms with van der Waals surface area (Å²) in [4.78, 5) is 4.63. The van der Waals surface area contributed by atoms with Crippen LogP contribution < -0.4 is 15.8 Å². The van der Waals surface area contributed by atoms with E-state index in [9.17, 15) is 0 Å². The van der Waals surface area contributed by atoms with Gasteiger partial charge in [0.25, 0.3) is 0 Å². The number of anilines is 1. The Kier molecular flexibility index (Phi) is 4.07. The number of thiocarbonyl (C=S) groups is 1. The molecule has 2 aromatic rings. The maximum atomic E-state index is 5.72. The van der Waals surface area contributed by atoms with Crippen LogP contribution in [-0.2, 0) is 13.0 Å². The number of rotatable bonds is 4. The van der Waals surface area contributed by atoms with Gasteiger partial charge in [-0.25, -0.2) is 4.98 Å². The molecular weight excluding hydrogens is 350 g/mol. The first-order chi connectivity index (χ1) is 10.1. The van der Waals surface area contributed by atoms with E-state index in [0.29, 0.717) is 17.4 Å². The second kappa shape index (κ2) is 5.99. The van der Waals surface area contributed by atoms with Crippen LogP contribution in [0.15, 0.2) is 34.9 Å². The lowest BCUT2D eigenvalue weighted by Gasteiger charge is -2.12. The number of hydrogen-bond acceptors (Lipinski definition) is 4. The molecule has 0 radical (unpaired) electrons. The Labute approximate surface area is 136 Å². The van der Waals surface area contributed by atoms with Crippen molar-refractivity contribution >= 4 is 39.0 Å². The molecule has 2 heterocycles. The maximum absolute atomic E-state index is 5.72. The zero-order valence-electron chi connectivity index (χ0n) is 11.2. The first-order valence-corrected chi connectivity index (χ1v) is 7.78. The van der Waals surface area contributed by atoms with Gasteiger partial charge in [-0.15, -0.1) is 0 Å². The zero-order chi connectivity index (χ0) is 14.8. The summed E-state index contributed by atoms with van der Waals surface area (Å²) in [6, 6.07) is 7.84. The van der Waals surface area contributed by atoms with E-state index in [2.05, 4.69) is 38.4 Å². The first-order valence-electron chi connectivity index (χ1n) is 6.58. The second-order valence-electron chi connectivity index (χ2n) is 4.77. The molecule has 1 aliphatic rings. The second-order valence-corrected chi connectivity index (χ2v) is 6.12. The van der Waals surface area contributed by atoms with Gasteiger partial charge in [-0.1, -0.05) is 28.1 Å². The third kappa shape index (κ3) is 3.01. The average Bonchev–Trinajstić information content (AvgIpc) is 2.93. The number of nitrogens with zero attached hydrogens (tertiary/aromatic N) is 1. The smallest absolute Gasteiger partial charge is 0.136 e. The number of aromatic nitrogens is 1. The monoisotopic (exact) mass is 363 g/mol. The van der Waals surface area contributed by atoms with Crippen LogP contribution >= 0.6 is 28.1 Å². The van der Waals surface area contributed by atoms with Gasteiger partial charge >= 0.3 is 0 Å². The van der Waals surface area contributed by atoms with Crippen molar-refractivity contribution < 1.29 is 4.74 Å². The van der Waals surface area contributed by atoms with Crippen molar-refractivity contribution in [1.29, 1.82) is 0 Å². The third-order valence-electron chi connectivity index (χ3n) is 3.34. The Hall–Kier alpha value is -1.66. The molecule has 4 nitrogen and oxygen atoms in total. The van der Waals surface area contributed by atoms with E-state index in [0.717, 1.165) is 34.4 Å². The van der Waals surface area contributed by atoms with E-state index < -0.39 is 0 Å². The number of hydrogen-bond donors (Lipinski definition) is 2. The van der Waals surface area contributed by atoms with Gasteiger partial charge in [0.2, 0.25) is 0 Å². The number of nitrogens with one attached hydrogen (secondary N) is 1. The average molecular weight is 364 g/mol. The normalized spacial score (nSPS) is 12.6. The van der Waals surface area contributed by atoms with Crippen molar-refractivity contribution in [3.05, 3.63) is 51.6 Å². The highest BCUT2D eigenvalue weighted by Crippen LogP contribution is 2.33. The van der Waals surface area contributed by atoms with Crippen LogP contribution in [0.25, 0.3) is 0 Å². The fourth-order valence-corrected chi connectivity index (χ4v) is 3.12. The summed E-state index contributed by atoms with van der Waals surface area (Å²) in [5, 5.41) is 3.29. The highest BCUT2D eigenvalue weighted by Gasteiger charge is 2.17. The summed E-state index contributed by atoms with van der Waals surface area (Å²) in [6.07, 6.45) is 2.66. The van der Waals surface area contributed by atoms with Crippen LogP contribution in [0.2, 0.25) is 0 Å². The molecule has 3 rings (SSSR count). The Morgan fingerprint density at radius 1 is 1.48 bits per heavy atom. The molecule has 0 saturated heterocycles. The SMILES string of the molecule is NC(=S)c1cccnc1NCc1cc(Br)cc2c1OCC2. The van der Waals surface area contributed by atoms with Crippen molar-refractivity contribution in [2.45, 2.75) is 13.0 Å². The molecule has 3 N–H and O–H groups in total. The van der Waals surface area contributed by atoms with E-state index >= 15 is 0 Å². The lowest BCUT2D eigenvalue weighted by Crippen LogP contribution is -2.14. The van der Waals surface area contributed by atoms with E-state index in [1.165, 1.54) is 5.56 Å². The fraction of sp³-hybridized carbons (Fsp3) is 0.200. The van der Waals surface area contributed by atoms with Crippen LogP contribution in [0, 0.1) is 0 Å². The minimum atomic E-state index is 0.335. The van der Waals surface area contributed by atoms with Crippen LogP contribution in [0.3, 0.4) is 0 Å². The van der Waals surface area contributed by atoms with Crippen LogP contribution in [0.5, 0.6) is 5.75 Å². The molecule has 0 aliphatic carbocycles. The van der Waals surface area contributed by atoms with E-state index in [1.54, 1.807) is 6.20 Å². The summed E-state index contributed by atoms with van der Waals surface area (Å²) in [5.74, 6) is 1.66. The Bertz CT molecular complexity index is 705. The van der Waals surface area contributed by atoms with Gasteiger partial charge in [-0.05, 0) is 29.8 Å². The molecule has 108 valence electrons. The van der Waals surface area contributed by atoms with Gasteiger partial charge in [-0.3, -0.25) is 0 Å². The molecule has 1 aliphatic heterocycles. The lowest BCUT2D eigenvalue weighted by molar-refractivity contribution is 0.354. The summed E-state index contributed by atoms with van der Waals surface area (Å²) >= 11 is 8.59. The van der Waals surface area contributed by atoms with Crippen molar-refractivity contribution in [2.24, 2.45) is 5.73 Å². The fourth-order valence-electron chi connectivity index (χ4n) is 2.40. The predicted molar refractivity (Wildman–Crippen MR) is 90.8 cm³/mol. The van der Waals surface area contributed by atoms with Crippen LogP contribution in [0.1, 0.15) is 16.7 Å². The largest absolute Gasteiger partial charge is 0.493 e. The quantitative estimate of drug-likeness (QED) is 0.817. The topological polar surface area (TPSA) is 60.2 Å². The van der Waals surface area contributed by atoms with Gasteiger partial charge in [0.05, 0.1) is 12.2 Å². The van der Waals surface area contributed by atoms with E-state index in [4.69, 9.17) is 22.7 Å². The molecule has 0 atom stereocenters. The number of pyridine rings is 1. The number of fused-ring (bicyclic) bond motifs is 1. The number of nitrogens with two attached hydrogens (primary N) is 1. The molecule has 0 amide bonds. The zero-order valence-corrected chi connectivity index (χ0v) is 13.6. The first kappa shape index (κ1) is 14.3. The molecule has 0 fully saturated rings. The molecule has 21 heavy (non-hydrogen) atoms. The van der Waals surface area contributed by atoms with Gasteiger partial charge < -0.3 is 15.8 Å². The molecule has 0 bridgehead atoms. The standard InChI is InChI=1S/C15H14BrN3OS/c16-11-6-9-3-5-20-13(9)10(7-11)8-19-15-12(14(17)21)2-1-4-18-15/h1-2,4,6-7H,3,5,8H2,(H2,17,21)(H,18,19). The van der Waals surface area contributed by atoms with Crippen molar-refractivity contribution in [2.75, 3.05) is 11.9 Å². The molecular formula is C15H14BrN3OS. The van der Waals surface area contributed by atoms with Gasteiger partial charge in [-0.2, -0.15) is 0 Å². The lowest BCUT2D eigenvalue weighted by atomic mass is 10.1. The number of halogens is 1. The summed E-state index contributed by atoms with van der Waals surface area (Å²) < 4.78 is 6.77. The van der Waals surface area contributed by atoms with Gasteiger partial charge in [0.15, 0.2) is 0 Å². The summed E-state index contributed by atoms with van der Waals surface area (Å²) in [5.41, 5.74) is 8.79. The van der Waals surface area contributed by atoms with E-state index in [-0.39, 0.29) is 0 Å². The van der Waals surface area contributed by atoms with Crippen LogP contribution in [0.4, 0.5) is 5.82 Å². The molecule has 1 aromatic heterocycles. The third-order valence-corrected chi connectivity index (χ3v) is 4.02. The van der Waals surface area contributed by atoms with E-state index in [1.807, 2.05) is 12.1 Å². The number of benzene rings is 1. The molecule has 0 unspecified atom stereocenters. The predicted octanol–water partition coefficient (Wildman–Crippen LogP) is 3.03. The van der Waals surface area contributed by atoms with Crippen molar-refractivity contribution in [1.82, 2.24) is 4.98 Å². The Morgan fingerprint density at radius 3 is 3.14 bits per heavy atom. The molecule has 0 spiro atoms. The Morgan fingerprint density at radius 2 is 2.33 bits per heavy atom. The molecule has 6 heteroatoms. The van der Waals surface area contributed by atoms with Crippen molar-refractivity contribution in [3.63, 3.8) is 0 Å². The highest BCUT2D eigenvalue weighted by molar-refractivity contribution is 9.10. The van der Waals surface area contributed by atoms with Crippen LogP contribution in [-0.4, -0.2) is 16.6 Å². The Balaban J connectivity index is 1.85. The minimum Gasteiger partial charge on any atom is -0.493 e.